The van der Waals surface area contributed by atoms with E-state index >= 15 is 0 Å². The number of hydrogen-bond donors (Lipinski definition) is 2. The molecule has 2 aromatic carbocycles. The zero-order valence-electron chi connectivity index (χ0n) is 16.1. The molecule has 1 aromatic heterocycles. The first-order valence-corrected chi connectivity index (χ1v) is 9.21. The van der Waals surface area contributed by atoms with E-state index in [0.717, 1.165) is 28.1 Å². The van der Waals surface area contributed by atoms with Gasteiger partial charge in [-0.25, -0.2) is 14.6 Å². The van der Waals surface area contributed by atoms with Crippen LogP contribution in [0.25, 0.3) is 5.69 Å². The number of amides is 1. The van der Waals surface area contributed by atoms with Crippen LogP contribution in [-0.2, 0) is 23.1 Å². The van der Waals surface area contributed by atoms with E-state index in [1.165, 1.54) is 6.07 Å². The predicted octanol–water partition coefficient (Wildman–Crippen LogP) is 3.48. The van der Waals surface area contributed by atoms with Crippen molar-refractivity contribution in [3.05, 3.63) is 81.9 Å². The van der Waals surface area contributed by atoms with Crippen molar-refractivity contribution < 1.29 is 14.4 Å². The molecule has 0 fully saturated rings. The molecule has 1 aliphatic carbocycles. The maximum Gasteiger partial charge on any atom is 0.254 e. The quantitative estimate of drug-likeness (QED) is 0.541. The molecule has 0 saturated heterocycles. The molecule has 0 saturated carbocycles. The largest absolute Gasteiger partial charge is 0.289 e. The number of fused-ring (bicyclic) bond motifs is 1. The van der Waals surface area contributed by atoms with E-state index in [2.05, 4.69) is 11.2 Å². The van der Waals surface area contributed by atoms with Crippen LogP contribution >= 0.6 is 0 Å². The lowest BCUT2D eigenvalue weighted by molar-refractivity contribution is -0.135. The van der Waals surface area contributed by atoms with Gasteiger partial charge in [-0.1, -0.05) is 24.3 Å². The van der Waals surface area contributed by atoms with Crippen LogP contribution in [0.3, 0.4) is 0 Å². The lowest BCUT2D eigenvalue weighted by atomic mass is 9.75. The van der Waals surface area contributed by atoms with Gasteiger partial charge < -0.3 is 0 Å². The molecule has 1 amide bonds. The maximum atomic E-state index is 14.3. The molecule has 1 atom stereocenters. The number of aromatic nitrogens is 2. The lowest BCUT2D eigenvalue weighted by Crippen LogP contribution is -2.45. The second-order valence-electron chi connectivity index (χ2n) is 7.61. The van der Waals surface area contributed by atoms with Crippen molar-refractivity contribution in [1.29, 1.82) is 0 Å². The number of benzene rings is 2. The zero-order valence-corrected chi connectivity index (χ0v) is 16.1. The summed E-state index contributed by atoms with van der Waals surface area (Å²) in [6, 6.07) is 10.9. The van der Waals surface area contributed by atoms with Crippen LogP contribution in [-0.4, -0.2) is 20.9 Å². The smallest absolute Gasteiger partial charge is 0.254 e. The van der Waals surface area contributed by atoms with Crippen LogP contribution in [0.15, 0.2) is 42.6 Å². The molecule has 1 unspecified atom stereocenters. The van der Waals surface area contributed by atoms with E-state index < -0.39 is 11.3 Å². The molecular weight excluding hydrogens is 357 g/mol. The summed E-state index contributed by atoms with van der Waals surface area (Å²) >= 11 is 0. The summed E-state index contributed by atoms with van der Waals surface area (Å²) < 4.78 is 16.1. The van der Waals surface area contributed by atoms with Crippen molar-refractivity contribution in [2.24, 2.45) is 0 Å². The molecular formula is C22H22FN3O2. The zero-order chi connectivity index (χ0) is 20.1. The van der Waals surface area contributed by atoms with E-state index in [9.17, 15) is 14.4 Å². The van der Waals surface area contributed by atoms with Crippen molar-refractivity contribution in [2.75, 3.05) is 0 Å². The Bertz CT molecular complexity index is 1090. The Hall–Kier alpha value is -2.99. The summed E-state index contributed by atoms with van der Waals surface area (Å²) in [5.41, 5.74) is 6.71. The van der Waals surface area contributed by atoms with E-state index in [0.29, 0.717) is 24.0 Å². The van der Waals surface area contributed by atoms with Crippen LogP contribution in [0, 0.1) is 26.6 Å². The average Bonchev–Trinajstić information content (AvgIpc) is 3.24. The van der Waals surface area contributed by atoms with Crippen LogP contribution in [0.4, 0.5) is 4.39 Å². The Morgan fingerprint density at radius 1 is 1.21 bits per heavy atom. The molecule has 6 heteroatoms. The van der Waals surface area contributed by atoms with Crippen molar-refractivity contribution in [3.63, 3.8) is 0 Å². The molecule has 5 nitrogen and oxygen atoms in total. The van der Waals surface area contributed by atoms with Gasteiger partial charge in [0.1, 0.15) is 5.82 Å². The molecule has 1 heterocycles. The van der Waals surface area contributed by atoms with Gasteiger partial charge in [0, 0.05) is 12.1 Å². The summed E-state index contributed by atoms with van der Waals surface area (Å²) in [7, 11) is 0. The summed E-state index contributed by atoms with van der Waals surface area (Å²) in [5, 5.41) is 14.0. The van der Waals surface area contributed by atoms with Gasteiger partial charge in [0.2, 0.25) is 0 Å². The molecule has 0 aliphatic heterocycles. The third-order valence-electron chi connectivity index (χ3n) is 5.83. The number of hydrogen-bond acceptors (Lipinski definition) is 3. The van der Waals surface area contributed by atoms with Crippen LogP contribution in [0.5, 0.6) is 0 Å². The van der Waals surface area contributed by atoms with Gasteiger partial charge in [-0.2, -0.15) is 5.10 Å². The van der Waals surface area contributed by atoms with Crippen molar-refractivity contribution in [2.45, 2.75) is 39.0 Å². The molecule has 3 aromatic rings. The first-order valence-electron chi connectivity index (χ1n) is 9.21. The van der Waals surface area contributed by atoms with Crippen molar-refractivity contribution in [3.8, 4) is 5.69 Å². The minimum absolute atomic E-state index is 0.326. The number of rotatable bonds is 3. The highest BCUT2D eigenvalue weighted by Gasteiger charge is 2.48. The number of nitrogens with zero attached hydrogens (tertiary/aromatic N) is 2. The van der Waals surface area contributed by atoms with Crippen LogP contribution in [0.2, 0.25) is 0 Å². The molecule has 0 spiro atoms. The molecule has 1 aliphatic rings. The fourth-order valence-electron chi connectivity index (χ4n) is 4.28. The first-order chi connectivity index (χ1) is 13.4. The summed E-state index contributed by atoms with van der Waals surface area (Å²) in [6.07, 6.45) is 2.44. The topological polar surface area (TPSA) is 67.2 Å². The lowest BCUT2D eigenvalue weighted by Gasteiger charge is -2.29. The van der Waals surface area contributed by atoms with Gasteiger partial charge in [-0.15, -0.1) is 0 Å². The molecule has 2 N–H and O–H groups in total. The third-order valence-corrected chi connectivity index (χ3v) is 5.83. The number of hydroxylamine groups is 1. The van der Waals surface area contributed by atoms with Gasteiger partial charge in [-0.05, 0) is 67.1 Å². The summed E-state index contributed by atoms with van der Waals surface area (Å²) in [4.78, 5) is 12.8. The van der Waals surface area contributed by atoms with Gasteiger partial charge in [0.05, 0.1) is 17.3 Å². The number of halogens is 1. The molecule has 4 rings (SSSR count). The van der Waals surface area contributed by atoms with Gasteiger partial charge in [0.15, 0.2) is 0 Å². The van der Waals surface area contributed by atoms with Gasteiger partial charge in [0.25, 0.3) is 5.91 Å². The molecule has 28 heavy (non-hydrogen) atoms. The summed E-state index contributed by atoms with van der Waals surface area (Å²) in [6.45, 7) is 5.70. The number of aryl methyl sites for hydroxylation is 2. The predicted molar refractivity (Wildman–Crippen MR) is 103 cm³/mol. The Labute approximate surface area is 162 Å². The number of nitrogens with one attached hydrogen (secondary N) is 1. The fraction of sp³-hybridized carbons (Fsp3) is 0.273. The van der Waals surface area contributed by atoms with Gasteiger partial charge in [-0.3, -0.25) is 10.0 Å². The average molecular weight is 379 g/mol. The molecule has 0 radical (unpaired) electrons. The second kappa shape index (κ2) is 6.56. The highest BCUT2D eigenvalue weighted by molar-refractivity contribution is 5.89. The molecule has 144 valence electrons. The molecule has 0 bridgehead atoms. The van der Waals surface area contributed by atoms with Gasteiger partial charge >= 0.3 is 0 Å². The minimum atomic E-state index is -1.08. The monoisotopic (exact) mass is 379 g/mol. The van der Waals surface area contributed by atoms with Crippen molar-refractivity contribution in [1.82, 2.24) is 15.3 Å². The van der Waals surface area contributed by atoms with E-state index in [4.69, 9.17) is 0 Å². The second-order valence-corrected chi connectivity index (χ2v) is 7.61. The minimum Gasteiger partial charge on any atom is -0.289 e. The Morgan fingerprint density at radius 3 is 2.75 bits per heavy atom. The Kier molecular flexibility index (Phi) is 4.31. The summed E-state index contributed by atoms with van der Waals surface area (Å²) in [5.74, 6) is -0.903. The highest BCUT2D eigenvalue weighted by atomic mass is 19.1. The first kappa shape index (κ1) is 18.4. The standard InChI is InChI=1S/C22H22FN3O2/c1-13-7-8-14(2)19(9-13)26-20-11-22(21(27)25-28,10-16(20)12-24-26)17-5-4-6-18(23)15(17)3/h4-9,12,28H,10-11H2,1-3H3,(H,25,27). The maximum absolute atomic E-state index is 14.3. The third kappa shape index (κ3) is 2.64. The van der Waals surface area contributed by atoms with Crippen molar-refractivity contribution >= 4 is 5.91 Å². The fourth-order valence-corrected chi connectivity index (χ4v) is 4.28. The Balaban J connectivity index is 1.87. The number of carbonyl (C=O) groups excluding carboxylic acids is 1. The Morgan fingerprint density at radius 2 is 2.00 bits per heavy atom. The van der Waals surface area contributed by atoms with Crippen LogP contribution in [0.1, 0.15) is 33.5 Å². The van der Waals surface area contributed by atoms with E-state index in [1.807, 2.05) is 30.7 Å². The highest BCUT2D eigenvalue weighted by Crippen LogP contribution is 2.42. The van der Waals surface area contributed by atoms with E-state index in [-0.39, 0.29) is 5.82 Å². The SMILES string of the molecule is Cc1ccc(C)c(-n2ncc3c2CC(C(=O)NO)(c2cccc(F)c2C)C3)c1. The van der Waals surface area contributed by atoms with Crippen LogP contribution < -0.4 is 5.48 Å². The normalized spacial score (nSPS) is 18.2. The number of carbonyl (C=O) groups is 1. The van der Waals surface area contributed by atoms with E-state index in [1.54, 1.807) is 30.7 Å².